The van der Waals surface area contributed by atoms with E-state index in [9.17, 15) is 4.79 Å². The maximum absolute atomic E-state index is 10.7. The minimum atomic E-state index is -0.503. The Morgan fingerprint density at radius 2 is 2.16 bits per heavy atom. The molecule has 19 heavy (non-hydrogen) atoms. The molecule has 0 aliphatic rings. The summed E-state index contributed by atoms with van der Waals surface area (Å²) in [7, 11) is 1.58. The van der Waals surface area contributed by atoms with Gasteiger partial charge in [0, 0.05) is 5.56 Å². The van der Waals surface area contributed by atoms with Gasteiger partial charge < -0.3 is 20.5 Å². The number of carbonyl (C=O) groups excluding carboxylic acids is 1. The zero-order chi connectivity index (χ0) is 14.3. The van der Waals surface area contributed by atoms with Crippen molar-refractivity contribution in [3.63, 3.8) is 0 Å². The highest BCUT2D eigenvalue weighted by Gasteiger charge is 2.09. The summed E-state index contributed by atoms with van der Waals surface area (Å²) in [6.45, 7) is 5.11. The van der Waals surface area contributed by atoms with E-state index in [1.165, 1.54) is 0 Å². The quantitative estimate of drug-likeness (QED) is 0.716. The summed E-state index contributed by atoms with van der Waals surface area (Å²) in [5.41, 5.74) is 6.20. The Balaban J connectivity index is 2.69. The molecule has 0 aromatic heterocycles. The van der Waals surface area contributed by atoms with Crippen LogP contribution in [0.5, 0.6) is 11.5 Å². The molecular weight excluding hydrogens is 244 g/mol. The summed E-state index contributed by atoms with van der Waals surface area (Å²) < 4.78 is 10.5. The third-order valence-electron chi connectivity index (χ3n) is 3.00. The molecule has 1 amide bonds. The molecule has 0 bridgehead atoms. The number of amides is 1. The molecule has 0 unspecified atom stereocenters. The molecule has 5 nitrogen and oxygen atoms in total. The maximum Gasteiger partial charge on any atom is 0.255 e. The highest BCUT2D eigenvalue weighted by molar-refractivity contribution is 5.75. The molecule has 1 rings (SSSR count). The Bertz CT molecular complexity index is 421. The Hall–Kier alpha value is -1.75. The van der Waals surface area contributed by atoms with Crippen LogP contribution in [0, 0.1) is 0 Å². The molecule has 0 fully saturated rings. The number of hydrogen-bond donors (Lipinski definition) is 2. The molecule has 0 spiro atoms. The lowest BCUT2D eigenvalue weighted by atomic mass is 10.1. The normalized spacial score (nSPS) is 11.9. The van der Waals surface area contributed by atoms with E-state index in [0.29, 0.717) is 17.5 Å². The highest BCUT2D eigenvalue weighted by atomic mass is 16.5. The summed E-state index contributed by atoms with van der Waals surface area (Å²) in [5.74, 6) is 0.654. The van der Waals surface area contributed by atoms with Crippen molar-refractivity contribution in [3.05, 3.63) is 23.8 Å². The molecule has 5 heteroatoms. The van der Waals surface area contributed by atoms with Crippen LogP contribution in [-0.4, -0.2) is 25.7 Å². The van der Waals surface area contributed by atoms with Crippen LogP contribution >= 0.6 is 0 Å². The number of benzene rings is 1. The monoisotopic (exact) mass is 267 g/mol. The second kappa shape index (κ2) is 7.63. The zero-order valence-electron chi connectivity index (χ0n) is 11.8. The molecule has 0 radical (unpaired) electrons. The summed E-state index contributed by atoms with van der Waals surface area (Å²) in [6.07, 6.45) is 1.14. The molecule has 1 aromatic rings. The van der Waals surface area contributed by atoms with Crippen LogP contribution in [0.2, 0.25) is 0 Å². The van der Waals surface area contributed by atoms with E-state index in [2.05, 4.69) is 19.2 Å². The summed E-state index contributed by atoms with van der Waals surface area (Å²) >= 11 is 0. The second-order valence-electron chi connectivity index (χ2n) is 4.57. The summed E-state index contributed by atoms with van der Waals surface area (Å²) in [4.78, 5) is 10.7. The van der Waals surface area contributed by atoms with E-state index < -0.39 is 5.91 Å². The van der Waals surface area contributed by atoms with Gasteiger partial charge in [0.05, 0.1) is 13.2 Å². The van der Waals surface area contributed by atoms with Crippen molar-refractivity contribution in [1.29, 1.82) is 0 Å². The largest absolute Gasteiger partial charge is 0.493 e. The lowest BCUT2D eigenvalue weighted by Crippen LogP contribution is -2.87. The highest BCUT2D eigenvalue weighted by Crippen LogP contribution is 2.27. The molecule has 4 N–H and O–H groups in total. The van der Waals surface area contributed by atoms with Crippen LogP contribution in [0.25, 0.3) is 0 Å². The van der Waals surface area contributed by atoms with E-state index >= 15 is 0 Å². The Morgan fingerprint density at radius 1 is 1.42 bits per heavy atom. The number of carbonyl (C=O) groups is 1. The van der Waals surface area contributed by atoms with Crippen molar-refractivity contribution < 1.29 is 19.6 Å². The van der Waals surface area contributed by atoms with E-state index in [1.807, 2.05) is 18.2 Å². The lowest BCUT2D eigenvalue weighted by molar-refractivity contribution is -0.701. The predicted molar refractivity (Wildman–Crippen MR) is 73.1 cm³/mol. The number of methoxy groups -OCH3 is 1. The van der Waals surface area contributed by atoms with E-state index in [0.717, 1.165) is 18.5 Å². The fourth-order valence-corrected chi connectivity index (χ4v) is 1.61. The van der Waals surface area contributed by atoms with Gasteiger partial charge in [-0.3, -0.25) is 4.79 Å². The topological polar surface area (TPSA) is 78.2 Å². The van der Waals surface area contributed by atoms with Crippen LogP contribution in [0.4, 0.5) is 0 Å². The van der Waals surface area contributed by atoms with Gasteiger partial charge in [-0.1, -0.05) is 6.92 Å². The molecular formula is C14H23N2O3+. The van der Waals surface area contributed by atoms with Gasteiger partial charge in [-0.05, 0) is 31.5 Å². The standard InChI is InChI=1S/C14H22N2O3/c1-4-10(2)16-8-11-5-6-12(13(7-11)18-3)19-9-14(15)17/h5-7,10,16H,4,8-9H2,1-3H3,(H2,15,17)/p+1/t10-/m0/s1. The van der Waals surface area contributed by atoms with E-state index in [4.69, 9.17) is 15.2 Å². The fraction of sp³-hybridized carbons (Fsp3) is 0.500. The minimum absolute atomic E-state index is 0.144. The van der Waals surface area contributed by atoms with Crippen molar-refractivity contribution >= 4 is 5.91 Å². The number of nitrogens with two attached hydrogens (primary N) is 2. The molecule has 0 saturated heterocycles. The number of primary amides is 1. The number of hydrogen-bond acceptors (Lipinski definition) is 3. The van der Waals surface area contributed by atoms with Gasteiger partial charge in [-0.25, -0.2) is 0 Å². The first-order valence-electron chi connectivity index (χ1n) is 6.48. The zero-order valence-corrected chi connectivity index (χ0v) is 11.8. The van der Waals surface area contributed by atoms with E-state index in [-0.39, 0.29) is 6.61 Å². The number of rotatable bonds is 8. The van der Waals surface area contributed by atoms with Gasteiger partial charge in [-0.15, -0.1) is 0 Å². The van der Waals surface area contributed by atoms with Crippen molar-refractivity contribution in [2.24, 2.45) is 5.73 Å². The average Bonchev–Trinajstić information content (AvgIpc) is 2.42. The molecule has 1 aromatic carbocycles. The molecule has 0 aliphatic heterocycles. The van der Waals surface area contributed by atoms with E-state index in [1.54, 1.807) is 7.11 Å². The Kier molecular flexibility index (Phi) is 6.15. The van der Waals surface area contributed by atoms with Crippen LogP contribution in [0.3, 0.4) is 0 Å². The molecule has 1 atom stereocenters. The molecule has 0 saturated carbocycles. The first-order valence-corrected chi connectivity index (χ1v) is 6.48. The Morgan fingerprint density at radius 3 is 2.74 bits per heavy atom. The molecule has 0 heterocycles. The van der Waals surface area contributed by atoms with Crippen molar-refractivity contribution in [1.82, 2.24) is 0 Å². The van der Waals surface area contributed by atoms with Gasteiger partial charge in [0.15, 0.2) is 18.1 Å². The summed E-state index contributed by atoms with van der Waals surface area (Å²) in [6, 6.07) is 6.30. The van der Waals surface area contributed by atoms with Gasteiger partial charge in [0.25, 0.3) is 5.91 Å². The third-order valence-corrected chi connectivity index (χ3v) is 3.00. The predicted octanol–water partition coefficient (Wildman–Crippen LogP) is 0.421. The molecule has 0 aliphatic carbocycles. The summed E-state index contributed by atoms with van der Waals surface area (Å²) in [5, 5.41) is 2.28. The lowest BCUT2D eigenvalue weighted by Gasteiger charge is -2.12. The van der Waals surface area contributed by atoms with Crippen LogP contribution in [0.15, 0.2) is 18.2 Å². The van der Waals surface area contributed by atoms with Crippen LogP contribution in [0.1, 0.15) is 25.8 Å². The van der Waals surface area contributed by atoms with Gasteiger partial charge in [-0.2, -0.15) is 0 Å². The van der Waals surface area contributed by atoms with Crippen molar-refractivity contribution in [2.75, 3.05) is 13.7 Å². The van der Waals surface area contributed by atoms with Crippen LogP contribution < -0.4 is 20.5 Å². The average molecular weight is 267 g/mol. The van der Waals surface area contributed by atoms with Gasteiger partial charge >= 0.3 is 0 Å². The SMILES string of the molecule is CC[C@H](C)[NH2+]Cc1ccc(OCC(N)=O)c(OC)c1. The first kappa shape index (κ1) is 15.3. The molecule has 106 valence electrons. The van der Waals surface area contributed by atoms with Gasteiger partial charge in [0.1, 0.15) is 6.54 Å². The number of quaternary nitrogens is 1. The van der Waals surface area contributed by atoms with Gasteiger partial charge in [0.2, 0.25) is 0 Å². The fourth-order valence-electron chi connectivity index (χ4n) is 1.61. The minimum Gasteiger partial charge on any atom is -0.493 e. The maximum atomic E-state index is 10.7. The van der Waals surface area contributed by atoms with Crippen LogP contribution in [-0.2, 0) is 11.3 Å². The third kappa shape index (κ3) is 5.18. The number of ether oxygens (including phenoxy) is 2. The first-order chi connectivity index (χ1) is 9.06. The van der Waals surface area contributed by atoms with Crippen molar-refractivity contribution in [3.8, 4) is 11.5 Å². The van der Waals surface area contributed by atoms with Crippen molar-refractivity contribution in [2.45, 2.75) is 32.9 Å². The smallest absolute Gasteiger partial charge is 0.255 e. The Labute approximate surface area is 114 Å². The second-order valence-corrected chi connectivity index (χ2v) is 4.57.